The van der Waals surface area contributed by atoms with E-state index in [1.807, 2.05) is 0 Å². The normalized spacial score (nSPS) is 15.1. The molecule has 1 aliphatic rings. The molecule has 0 atom stereocenters. The van der Waals surface area contributed by atoms with E-state index < -0.39 is 23.7 Å². The van der Waals surface area contributed by atoms with Crippen molar-refractivity contribution in [1.29, 1.82) is 0 Å². The number of esters is 1. The standard InChI is InChI=1S/C21H18FNO5S/c1-2-27-19(24)12-23-20(25)18(29-21(23)26)11-15-7-3-4-9-17(15)28-13-14-6-5-8-16(22)10-14/h3-11H,2,12-13H2,1H3. The molecule has 1 aliphatic heterocycles. The lowest BCUT2D eigenvalue weighted by molar-refractivity contribution is -0.145. The molecule has 8 heteroatoms. The Kier molecular flexibility index (Phi) is 6.66. The van der Waals surface area contributed by atoms with Crippen LogP contribution in [0.2, 0.25) is 0 Å². The average molecular weight is 415 g/mol. The maximum atomic E-state index is 13.3. The van der Waals surface area contributed by atoms with Crippen molar-refractivity contribution in [2.75, 3.05) is 13.2 Å². The first-order valence-electron chi connectivity index (χ1n) is 8.85. The predicted octanol–water partition coefficient (Wildman–Crippen LogP) is 4.00. The Morgan fingerprint density at radius 2 is 1.97 bits per heavy atom. The van der Waals surface area contributed by atoms with E-state index in [1.54, 1.807) is 43.3 Å². The minimum atomic E-state index is -0.644. The maximum Gasteiger partial charge on any atom is 0.326 e. The van der Waals surface area contributed by atoms with Crippen LogP contribution in [-0.4, -0.2) is 35.2 Å². The number of carbonyl (C=O) groups is 3. The molecule has 0 bridgehead atoms. The highest BCUT2D eigenvalue weighted by molar-refractivity contribution is 8.18. The van der Waals surface area contributed by atoms with E-state index in [0.717, 1.165) is 16.7 Å². The monoisotopic (exact) mass is 415 g/mol. The molecule has 2 aromatic carbocycles. The van der Waals surface area contributed by atoms with Crippen LogP contribution >= 0.6 is 11.8 Å². The summed E-state index contributed by atoms with van der Waals surface area (Å²) >= 11 is 0.747. The van der Waals surface area contributed by atoms with Crippen molar-refractivity contribution < 1.29 is 28.2 Å². The third kappa shape index (κ3) is 5.23. The van der Waals surface area contributed by atoms with E-state index in [9.17, 15) is 18.8 Å². The minimum absolute atomic E-state index is 0.146. The largest absolute Gasteiger partial charge is 0.488 e. The number of nitrogens with zero attached hydrogens (tertiary/aromatic N) is 1. The first kappa shape index (κ1) is 20.6. The van der Waals surface area contributed by atoms with Gasteiger partial charge in [-0.1, -0.05) is 30.3 Å². The predicted molar refractivity (Wildman–Crippen MR) is 106 cm³/mol. The van der Waals surface area contributed by atoms with Gasteiger partial charge in [-0.3, -0.25) is 19.3 Å². The first-order chi connectivity index (χ1) is 14.0. The van der Waals surface area contributed by atoms with Crippen LogP contribution in [0.1, 0.15) is 18.1 Å². The van der Waals surface area contributed by atoms with Gasteiger partial charge in [0.05, 0.1) is 11.5 Å². The lowest BCUT2D eigenvalue weighted by Gasteiger charge is -2.11. The van der Waals surface area contributed by atoms with Crippen LogP contribution in [0.15, 0.2) is 53.4 Å². The van der Waals surface area contributed by atoms with Crippen LogP contribution in [0.3, 0.4) is 0 Å². The van der Waals surface area contributed by atoms with Crippen LogP contribution in [-0.2, 0) is 20.9 Å². The molecule has 3 rings (SSSR count). The summed E-state index contributed by atoms with van der Waals surface area (Å²) in [6.07, 6.45) is 1.54. The van der Waals surface area contributed by atoms with E-state index in [0.29, 0.717) is 16.9 Å². The summed E-state index contributed by atoms with van der Waals surface area (Å²) in [7, 11) is 0. The smallest absolute Gasteiger partial charge is 0.326 e. The van der Waals surface area contributed by atoms with Gasteiger partial charge < -0.3 is 9.47 Å². The number of halogens is 1. The van der Waals surface area contributed by atoms with Gasteiger partial charge in [-0.15, -0.1) is 0 Å². The summed E-state index contributed by atoms with van der Waals surface area (Å²) in [5.41, 5.74) is 1.25. The van der Waals surface area contributed by atoms with Crippen LogP contribution in [0.4, 0.5) is 9.18 Å². The third-order valence-electron chi connectivity index (χ3n) is 3.96. The zero-order valence-corrected chi connectivity index (χ0v) is 16.4. The van der Waals surface area contributed by atoms with Crippen molar-refractivity contribution in [3.63, 3.8) is 0 Å². The lowest BCUT2D eigenvalue weighted by atomic mass is 10.1. The molecular formula is C21H18FNO5S. The molecule has 0 spiro atoms. The SMILES string of the molecule is CCOC(=O)CN1C(=O)SC(=Cc2ccccc2OCc2cccc(F)c2)C1=O. The van der Waals surface area contributed by atoms with E-state index in [1.165, 1.54) is 18.2 Å². The second kappa shape index (κ2) is 9.38. The molecule has 0 unspecified atom stereocenters. The summed E-state index contributed by atoms with van der Waals surface area (Å²) in [5.74, 6) is -1.08. The molecule has 0 radical (unpaired) electrons. The fraction of sp³-hybridized carbons (Fsp3) is 0.190. The van der Waals surface area contributed by atoms with Gasteiger partial charge in [0, 0.05) is 5.56 Å². The molecule has 1 fully saturated rings. The molecule has 2 amide bonds. The fourth-order valence-corrected chi connectivity index (χ4v) is 3.46. The van der Waals surface area contributed by atoms with Crippen molar-refractivity contribution in [2.24, 2.45) is 0 Å². The van der Waals surface area contributed by atoms with Crippen molar-refractivity contribution in [2.45, 2.75) is 13.5 Å². The molecule has 0 saturated carbocycles. The molecule has 150 valence electrons. The topological polar surface area (TPSA) is 72.9 Å². The summed E-state index contributed by atoms with van der Waals surface area (Å²) < 4.78 is 23.9. The Morgan fingerprint density at radius 1 is 1.17 bits per heavy atom. The number of para-hydroxylation sites is 1. The average Bonchev–Trinajstić information content (AvgIpc) is 2.95. The van der Waals surface area contributed by atoms with Crippen molar-refractivity contribution in [1.82, 2.24) is 4.90 Å². The van der Waals surface area contributed by atoms with Crippen LogP contribution < -0.4 is 4.74 Å². The van der Waals surface area contributed by atoms with Crippen molar-refractivity contribution >= 4 is 35.0 Å². The highest BCUT2D eigenvalue weighted by Gasteiger charge is 2.36. The number of amides is 2. The zero-order valence-electron chi connectivity index (χ0n) is 15.6. The van der Waals surface area contributed by atoms with Gasteiger partial charge in [-0.2, -0.15) is 0 Å². The minimum Gasteiger partial charge on any atom is -0.488 e. The highest BCUT2D eigenvalue weighted by Crippen LogP contribution is 2.34. The zero-order chi connectivity index (χ0) is 20.8. The Labute approximate surface area is 171 Å². The van der Waals surface area contributed by atoms with Gasteiger partial charge >= 0.3 is 5.97 Å². The molecule has 0 aromatic heterocycles. The first-order valence-corrected chi connectivity index (χ1v) is 9.67. The molecular weight excluding hydrogens is 397 g/mol. The van der Waals surface area contributed by atoms with Gasteiger partial charge in [-0.05, 0) is 48.5 Å². The molecule has 0 N–H and O–H groups in total. The second-order valence-electron chi connectivity index (χ2n) is 6.03. The number of thioether (sulfide) groups is 1. The Morgan fingerprint density at radius 3 is 2.72 bits per heavy atom. The second-order valence-corrected chi connectivity index (χ2v) is 7.02. The molecule has 29 heavy (non-hydrogen) atoms. The number of benzene rings is 2. The number of ether oxygens (including phenoxy) is 2. The molecule has 1 saturated heterocycles. The van der Waals surface area contributed by atoms with Gasteiger partial charge in [0.25, 0.3) is 11.1 Å². The van der Waals surface area contributed by atoms with E-state index in [2.05, 4.69) is 0 Å². The number of carbonyl (C=O) groups excluding carboxylic acids is 3. The highest BCUT2D eigenvalue weighted by atomic mass is 32.2. The Balaban J connectivity index is 1.76. The summed E-state index contributed by atoms with van der Waals surface area (Å²) in [5, 5.41) is -0.535. The third-order valence-corrected chi connectivity index (χ3v) is 4.86. The van der Waals surface area contributed by atoms with Gasteiger partial charge in [0.15, 0.2) is 0 Å². The van der Waals surface area contributed by atoms with E-state index in [-0.39, 0.29) is 23.9 Å². The molecule has 0 aliphatic carbocycles. The number of hydrogen-bond donors (Lipinski definition) is 0. The summed E-state index contributed by atoms with van der Waals surface area (Å²) in [6, 6.07) is 13.1. The van der Waals surface area contributed by atoms with Gasteiger partial charge in [0.1, 0.15) is 24.7 Å². The molecule has 6 nitrogen and oxygen atoms in total. The van der Waals surface area contributed by atoms with Crippen molar-refractivity contribution in [3.05, 3.63) is 70.4 Å². The van der Waals surface area contributed by atoms with Crippen LogP contribution in [0, 0.1) is 5.82 Å². The number of hydrogen-bond acceptors (Lipinski definition) is 6. The lowest BCUT2D eigenvalue weighted by Crippen LogP contribution is -2.34. The maximum absolute atomic E-state index is 13.3. The number of imide groups is 1. The quantitative estimate of drug-likeness (QED) is 0.503. The van der Waals surface area contributed by atoms with E-state index in [4.69, 9.17) is 9.47 Å². The van der Waals surface area contributed by atoms with Crippen LogP contribution in [0.5, 0.6) is 5.75 Å². The van der Waals surface area contributed by atoms with Crippen LogP contribution in [0.25, 0.3) is 6.08 Å². The Bertz CT molecular complexity index is 975. The Hall–Kier alpha value is -3.13. The van der Waals surface area contributed by atoms with Crippen molar-refractivity contribution in [3.8, 4) is 5.75 Å². The van der Waals surface area contributed by atoms with Gasteiger partial charge in [-0.25, -0.2) is 4.39 Å². The van der Waals surface area contributed by atoms with Gasteiger partial charge in [0.2, 0.25) is 0 Å². The summed E-state index contributed by atoms with van der Waals surface area (Å²) in [4.78, 5) is 37.3. The molecule has 2 aromatic rings. The number of rotatable bonds is 7. The summed E-state index contributed by atoms with van der Waals surface area (Å²) in [6.45, 7) is 1.54. The fourth-order valence-electron chi connectivity index (χ4n) is 2.63. The van der Waals surface area contributed by atoms with E-state index >= 15 is 0 Å². The molecule has 1 heterocycles.